The average molecular weight is 324 g/mol. The number of urea groups is 1. The molecule has 0 saturated heterocycles. The van der Waals surface area contributed by atoms with Crippen molar-refractivity contribution in [1.82, 2.24) is 20.6 Å². The highest BCUT2D eigenvalue weighted by molar-refractivity contribution is 7.09. The minimum atomic E-state index is -0.185. The summed E-state index contributed by atoms with van der Waals surface area (Å²) < 4.78 is 0. The molecule has 3 heterocycles. The summed E-state index contributed by atoms with van der Waals surface area (Å²) in [4.78, 5) is 21.4. The fourth-order valence-electron chi connectivity index (χ4n) is 2.04. The van der Waals surface area contributed by atoms with Crippen molar-refractivity contribution in [2.45, 2.75) is 13.1 Å². The van der Waals surface area contributed by atoms with E-state index in [4.69, 9.17) is 0 Å². The first-order valence-corrected chi connectivity index (χ1v) is 8.08. The zero-order chi connectivity index (χ0) is 15.9. The summed E-state index contributed by atoms with van der Waals surface area (Å²) in [7, 11) is 0. The van der Waals surface area contributed by atoms with E-state index in [0.29, 0.717) is 13.1 Å². The van der Waals surface area contributed by atoms with Crippen LogP contribution in [0.4, 0.5) is 4.79 Å². The maximum absolute atomic E-state index is 11.8. The lowest BCUT2D eigenvalue weighted by Crippen LogP contribution is -2.34. The van der Waals surface area contributed by atoms with Gasteiger partial charge in [-0.25, -0.2) is 4.79 Å². The van der Waals surface area contributed by atoms with Crippen LogP contribution in [0.2, 0.25) is 0 Å². The maximum Gasteiger partial charge on any atom is 0.315 e. The largest absolute Gasteiger partial charge is 0.334 e. The number of pyridine rings is 2. The molecule has 0 fully saturated rings. The Morgan fingerprint density at radius 1 is 1.04 bits per heavy atom. The Kier molecular flexibility index (Phi) is 4.95. The van der Waals surface area contributed by atoms with Gasteiger partial charge < -0.3 is 10.6 Å². The molecule has 0 spiro atoms. The third kappa shape index (κ3) is 4.37. The maximum atomic E-state index is 11.8. The molecule has 5 nitrogen and oxygen atoms in total. The van der Waals surface area contributed by atoms with Gasteiger partial charge in [0.2, 0.25) is 0 Å². The summed E-state index contributed by atoms with van der Waals surface area (Å²) in [6.07, 6.45) is 5.27. The third-order valence-corrected chi connectivity index (χ3v) is 4.11. The lowest BCUT2D eigenvalue weighted by atomic mass is 10.1. The van der Waals surface area contributed by atoms with Crippen LogP contribution in [-0.2, 0) is 13.1 Å². The molecule has 0 aromatic carbocycles. The van der Waals surface area contributed by atoms with Crippen LogP contribution in [-0.4, -0.2) is 16.0 Å². The van der Waals surface area contributed by atoms with E-state index in [-0.39, 0.29) is 6.03 Å². The summed E-state index contributed by atoms with van der Waals surface area (Å²) in [5, 5.41) is 7.64. The van der Waals surface area contributed by atoms with Crippen LogP contribution in [0.15, 0.2) is 60.4 Å². The topological polar surface area (TPSA) is 66.9 Å². The molecule has 3 rings (SSSR count). The summed E-state index contributed by atoms with van der Waals surface area (Å²) >= 11 is 1.62. The second kappa shape index (κ2) is 7.51. The second-order valence-corrected chi connectivity index (χ2v) is 5.94. The molecule has 0 atom stereocenters. The predicted molar refractivity (Wildman–Crippen MR) is 90.9 cm³/mol. The van der Waals surface area contributed by atoms with Gasteiger partial charge in [-0.2, -0.15) is 0 Å². The average Bonchev–Trinajstić information content (AvgIpc) is 3.13. The van der Waals surface area contributed by atoms with E-state index in [1.807, 2.05) is 41.8 Å². The zero-order valence-corrected chi connectivity index (χ0v) is 13.2. The number of amides is 2. The molecule has 2 amide bonds. The minimum absolute atomic E-state index is 0.185. The number of carbonyl (C=O) groups excluding carboxylic acids is 1. The number of nitrogens with one attached hydrogen (secondary N) is 2. The van der Waals surface area contributed by atoms with E-state index in [1.165, 1.54) is 0 Å². The summed E-state index contributed by atoms with van der Waals surface area (Å²) in [5.74, 6) is 0. The van der Waals surface area contributed by atoms with Crippen molar-refractivity contribution in [2.75, 3.05) is 0 Å². The first-order valence-electron chi connectivity index (χ1n) is 7.21. The minimum Gasteiger partial charge on any atom is -0.334 e. The number of hydrogen-bond acceptors (Lipinski definition) is 4. The molecule has 23 heavy (non-hydrogen) atoms. The van der Waals surface area contributed by atoms with Crippen molar-refractivity contribution in [1.29, 1.82) is 0 Å². The molecule has 0 bridgehead atoms. The van der Waals surface area contributed by atoms with Gasteiger partial charge in [0.15, 0.2) is 0 Å². The number of nitrogens with zero attached hydrogens (tertiary/aromatic N) is 2. The Labute approximate surface area is 138 Å². The van der Waals surface area contributed by atoms with Crippen molar-refractivity contribution in [3.8, 4) is 11.3 Å². The molecule has 116 valence electrons. The number of thiophene rings is 1. The fraction of sp³-hybridized carbons (Fsp3) is 0.118. The zero-order valence-electron chi connectivity index (χ0n) is 12.4. The van der Waals surface area contributed by atoms with Gasteiger partial charge in [0.25, 0.3) is 0 Å². The SMILES string of the molecule is O=C(NCc1ccc(-c2cccnc2)nc1)NCc1cccs1. The summed E-state index contributed by atoms with van der Waals surface area (Å²) in [5.41, 5.74) is 2.79. The molecule has 0 aliphatic rings. The van der Waals surface area contributed by atoms with Gasteiger partial charge in [0, 0.05) is 35.6 Å². The van der Waals surface area contributed by atoms with Crippen LogP contribution in [0.25, 0.3) is 11.3 Å². The summed E-state index contributed by atoms with van der Waals surface area (Å²) in [6.45, 7) is 0.984. The van der Waals surface area contributed by atoms with E-state index in [0.717, 1.165) is 21.7 Å². The first-order chi connectivity index (χ1) is 11.3. The molecule has 0 aliphatic heterocycles. The lowest BCUT2D eigenvalue weighted by Gasteiger charge is -2.07. The van der Waals surface area contributed by atoms with Crippen LogP contribution in [0.5, 0.6) is 0 Å². The highest BCUT2D eigenvalue weighted by Crippen LogP contribution is 2.15. The van der Waals surface area contributed by atoms with Crippen LogP contribution in [0.3, 0.4) is 0 Å². The molecule has 3 aromatic heterocycles. The van der Waals surface area contributed by atoms with Gasteiger partial charge in [-0.15, -0.1) is 11.3 Å². The van der Waals surface area contributed by atoms with Crippen LogP contribution in [0, 0.1) is 0 Å². The molecule has 2 N–H and O–H groups in total. The van der Waals surface area contributed by atoms with E-state index in [2.05, 4.69) is 20.6 Å². The van der Waals surface area contributed by atoms with E-state index in [1.54, 1.807) is 29.9 Å². The molecule has 0 unspecified atom stereocenters. The monoisotopic (exact) mass is 324 g/mol. The Morgan fingerprint density at radius 2 is 1.96 bits per heavy atom. The Balaban J connectivity index is 1.49. The number of rotatable bonds is 5. The Hall–Kier alpha value is -2.73. The van der Waals surface area contributed by atoms with Crippen LogP contribution < -0.4 is 10.6 Å². The highest BCUT2D eigenvalue weighted by Gasteiger charge is 2.03. The van der Waals surface area contributed by atoms with Gasteiger partial charge in [-0.05, 0) is 35.2 Å². The van der Waals surface area contributed by atoms with Gasteiger partial charge in [-0.3, -0.25) is 9.97 Å². The molecular weight excluding hydrogens is 308 g/mol. The lowest BCUT2D eigenvalue weighted by molar-refractivity contribution is 0.240. The highest BCUT2D eigenvalue weighted by atomic mass is 32.1. The standard InChI is InChI=1S/C17H16N4OS/c22-17(21-12-15-4-2-8-23-15)20-10-13-5-6-16(19-9-13)14-3-1-7-18-11-14/h1-9,11H,10,12H2,(H2,20,21,22). The van der Waals surface area contributed by atoms with E-state index in [9.17, 15) is 4.79 Å². The van der Waals surface area contributed by atoms with Crippen molar-refractivity contribution in [2.24, 2.45) is 0 Å². The molecular formula is C17H16N4OS. The molecule has 0 radical (unpaired) electrons. The first kappa shape index (κ1) is 15.2. The predicted octanol–water partition coefficient (Wildman–Crippen LogP) is 3.20. The van der Waals surface area contributed by atoms with Crippen molar-refractivity contribution in [3.63, 3.8) is 0 Å². The number of aromatic nitrogens is 2. The van der Waals surface area contributed by atoms with Crippen molar-refractivity contribution in [3.05, 3.63) is 70.8 Å². The van der Waals surface area contributed by atoms with Gasteiger partial charge >= 0.3 is 6.03 Å². The number of hydrogen-bond donors (Lipinski definition) is 2. The Bertz CT molecular complexity index is 742. The normalized spacial score (nSPS) is 10.3. The molecule has 6 heteroatoms. The second-order valence-electron chi connectivity index (χ2n) is 4.91. The van der Waals surface area contributed by atoms with Crippen LogP contribution >= 0.6 is 11.3 Å². The third-order valence-electron chi connectivity index (χ3n) is 3.24. The van der Waals surface area contributed by atoms with Gasteiger partial charge in [0.1, 0.15) is 0 Å². The van der Waals surface area contributed by atoms with E-state index < -0.39 is 0 Å². The van der Waals surface area contributed by atoms with Crippen LogP contribution in [0.1, 0.15) is 10.4 Å². The van der Waals surface area contributed by atoms with E-state index >= 15 is 0 Å². The fourth-order valence-corrected chi connectivity index (χ4v) is 2.68. The van der Waals surface area contributed by atoms with Gasteiger partial charge in [0.05, 0.1) is 12.2 Å². The Morgan fingerprint density at radius 3 is 2.65 bits per heavy atom. The summed E-state index contributed by atoms with van der Waals surface area (Å²) in [6, 6.07) is 11.5. The molecule has 0 aliphatic carbocycles. The van der Waals surface area contributed by atoms with Crippen molar-refractivity contribution >= 4 is 17.4 Å². The van der Waals surface area contributed by atoms with Gasteiger partial charge in [-0.1, -0.05) is 12.1 Å². The quantitative estimate of drug-likeness (QED) is 0.757. The van der Waals surface area contributed by atoms with Crippen molar-refractivity contribution < 1.29 is 4.79 Å². The number of carbonyl (C=O) groups is 1. The molecule has 3 aromatic rings. The smallest absolute Gasteiger partial charge is 0.315 e. The molecule has 0 saturated carbocycles.